The minimum absolute atomic E-state index is 0.0203. The molecule has 1 amide bonds. The largest absolute Gasteiger partial charge is 0.497 e. The molecule has 1 aliphatic rings. The molecule has 1 aliphatic heterocycles. The molecule has 0 saturated carbocycles. The maximum Gasteiger partial charge on any atom is 0.433 e. The van der Waals surface area contributed by atoms with Gasteiger partial charge in [-0.05, 0) is 37.4 Å². The van der Waals surface area contributed by atoms with Gasteiger partial charge in [0.1, 0.15) is 11.4 Å². The molecule has 0 aliphatic carbocycles. The number of likely N-dealkylation sites (N-methyl/N-ethyl adjacent to an activating group) is 1. The normalized spacial score (nSPS) is 15.6. The molecular formula is C20H24F3N5O2S. The van der Waals surface area contributed by atoms with Crippen LogP contribution < -0.4 is 10.2 Å². The average molecular weight is 456 g/mol. The van der Waals surface area contributed by atoms with Crippen LogP contribution in [-0.4, -0.2) is 71.9 Å². The molecule has 0 atom stereocenters. The molecule has 1 N–H and O–H groups in total. The first kappa shape index (κ1) is 23.3. The molecule has 2 heterocycles. The van der Waals surface area contributed by atoms with Gasteiger partial charge in [0.15, 0.2) is 5.16 Å². The van der Waals surface area contributed by atoms with Crippen molar-refractivity contribution in [1.82, 2.24) is 25.3 Å². The highest BCUT2D eigenvalue weighted by Crippen LogP contribution is 2.32. The lowest BCUT2D eigenvalue weighted by molar-refractivity contribution is -0.141. The fourth-order valence-electron chi connectivity index (χ4n) is 2.93. The molecule has 31 heavy (non-hydrogen) atoms. The number of aromatic nitrogens is 2. The molecule has 3 rings (SSSR count). The molecule has 1 fully saturated rings. The van der Waals surface area contributed by atoms with E-state index in [1.54, 1.807) is 24.3 Å². The maximum absolute atomic E-state index is 13.3. The van der Waals surface area contributed by atoms with Crippen molar-refractivity contribution in [3.63, 3.8) is 0 Å². The van der Waals surface area contributed by atoms with E-state index in [4.69, 9.17) is 4.74 Å². The molecule has 168 valence electrons. The van der Waals surface area contributed by atoms with Crippen LogP contribution >= 0.6 is 11.8 Å². The Bertz CT molecular complexity index is 887. The van der Waals surface area contributed by atoms with Crippen LogP contribution in [0.4, 0.5) is 13.2 Å². The third-order valence-electron chi connectivity index (χ3n) is 4.73. The van der Waals surface area contributed by atoms with Gasteiger partial charge < -0.3 is 9.64 Å². The van der Waals surface area contributed by atoms with Crippen molar-refractivity contribution < 1.29 is 22.7 Å². The standard InChI is InChI=1S/C20H24F3N5O2S/c1-27-8-10-28(11-9-27)26-18(29)7-12-31-19-24-16(13-17(25-19)20(21,22)23)14-3-5-15(30-2)6-4-14/h3-6,13H,7-12H2,1-2H3,(H,26,29). The number of methoxy groups -OCH3 is 1. The minimum atomic E-state index is -4.60. The number of amides is 1. The first-order chi connectivity index (χ1) is 14.7. The lowest BCUT2D eigenvalue weighted by Gasteiger charge is -2.32. The van der Waals surface area contributed by atoms with Crippen LogP contribution in [0.15, 0.2) is 35.5 Å². The molecule has 1 aromatic heterocycles. The van der Waals surface area contributed by atoms with Gasteiger partial charge in [-0.3, -0.25) is 10.2 Å². The summed E-state index contributed by atoms with van der Waals surface area (Å²) in [5.41, 5.74) is 2.49. The predicted octanol–water partition coefficient (Wildman–Crippen LogP) is 2.93. The predicted molar refractivity (Wildman–Crippen MR) is 112 cm³/mol. The van der Waals surface area contributed by atoms with E-state index in [1.165, 1.54) is 7.11 Å². The van der Waals surface area contributed by atoms with Crippen molar-refractivity contribution in [3.8, 4) is 17.0 Å². The molecular weight excluding hydrogens is 431 g/mol. The summed E-state index contributed by atoms with van der Waals surface area (Å²) in [6.45, 7) is 3.19. The fourth-order valence-corrected chi connectivity index (χ4v) is 3.73. The first-order valence-electron chi connectivity index (χ1n) is 9.71. The second kappa shape index (κ2) is 10.3. The average Bonchev–Trinajstić information content (AvgIpc) is 2.74. The Kier molecular flexibility index (Phi) is 7.74. The van der Waals surface area contributed by atoms with E-state index in [0.29, 0.717) is 11.3 Å². The van der Waals surface area contributed by atoms with E-state index < -0.39 is 11.9 Å². The van der Waals surface area contributed by atoms with E-state index in [0.717, 1.165) is 44.0 Å². The summed E-state index contributed by atoms with van der Waals surface area (Å²) in [5, 5.41) is 1.84. The summed E-state index contributed by atoms with van der Waals surface area (Å²) < 4.78 is 45.1. The zero-order chi connectivity index (χ0) is 22.4. The monoisotopic (exact) mass is 455 g/mol. The Balaban J connectivity index is 1.65. The Labute approximate surface area is 183 Å². The van der Waals surface area contributed by atoms with Crippen molar-refractivity contribution in [2.45, 2.75) is 17.8 Å². The van der Waals surface area contributed by atoms with Crippen molar-refractivity contribution in [3.05, 3.63) is 36.0 Å². The number of benzene rings is 1. The zero-order valence-corrected chi connectivity index (χ0v) is 18.1. The second-order valence-electron chi connectivity index (χ2n) is 7.07. The molecule has 0 spiro atoms. The Morgan fingerprint density at radius 2 is 1.84 bits per heavy atom. The number of ether oxygens (including phenoxy) is 1. The molecule has 1 saturated heterocycles. The summed E-state index contributed by atoms with van der Waals surface area (Å²) in [7, 11) is 3.53. The number of alkyl halides is 3. The summed E-state index contributed by atoms with van der Waals surface area (Å²) in [5.74, 6) is 0.678. The fraction of sp³-hybridized carbons (Fsp3) is 0.450. The maximum atomic E-state index is 13.3. The summed E-state index contributed by atoms with van der Waals surface area (Å²) in [4.78, 5) is 22.2. The zero-order valence-electron chi connectivity index (χ0n) is 17.3. The number of rotatable bonds is 7. The molecule has 7 nitrogen and oxygen atoms in total. The number of piperazine rings is 1. The van der Waals surface area contributed by atoms with Crippen molar-refractivity contribution in [1.29, 1.82) is 0 Å². The third-order valence-corrected chi connectivity index (χ3v) is 5.58. The van der Waals surface area contributed by atoms with E-state index in [1.807, 2.05) is 12.1 Å². The van der Waals surface area contributed by atoms with Gasteiger partial charge in [0, 0.05) is 43.9 Å². The van der Waals surface area contributed by atoms with Crippen LogP contribution in [0.1, 0.15) is 12.1 Å². The van der Waals surface area contributed by atoms with Crippen LogP contribution in [0.5, 0.6) is 5.75 Å². The van der Waals surface area contributed by atoms with Gasteiger partial charge in [-0.15, -0.1) is 0 Å². The highest BCUT2D eigenvalue weighted by molar-refractivity contribution is 7.99. The molecule has 1 aromatic carbocycles. The Hall–Kier alpha value is -2.37. The van der Waals surface area contributed by atoms with E-state index in [-0.39, 0.29) is 28.9 Å². The van der Waals surface area contributed by atoms with Gasteiger partial charge in [0.2, 0.25) is 5.91 Å². The van der Waals surface area contributed by atoms with Gasteiger partial charge >= 0.3 is 6.18 Å². The first-order valence-corrected chi connectivity index (χ1v) is 10.7. The van der Waals surface area contributed by atoms with E-state index in [2.05, 4.69) is 20.3 Å². The number of hydrogen-bond acceptors (Lipinski definition) is 7. The van der Waals surface area contributed by atoms with Gasteiger partial charge in [0.25, 0.3) is 0 Å². The molecule has 11 heteroatoms. The van der Waals surface area contributed by atoms with Gasteiger partial charge in [-0.25, -0.2) is 15.0 Å². The van der Waals surface area contributed by atoms with Crippen LogP contribution in [-0.2, 0) is 11.0 Å². The smallest absolute Gasteiger partial charge is 0.433 e. The van der Waals surface area contributed by atoms with Crippen LogP contribution in [0.25, 0.3) is 11.3 Å². The highest BCUT2D eigenvalue weighted by atomic mass is 32.2. The summed E-state index contributed by atoms with van der Waals surface area (Å²) >= 11 is 1.02. The van der Waals surface area contributed by atoms with Gasteiger partial charge in [-0.1, -0.05) is 11.8 Å². The highest BCUT2D eigenvalue weighted by Gasteiger charge is 2.34. The van der Waals surface area contributed by atoms with E-state index in [9.17, 15) is 18.0 Å². The minimum Gasteiger partial charge on any atom is -0.497 e. The van der Waals surface area contributed by atoms with Crippen LogP contribution in [0.2, 0.25) is 0 Å². The summed E-state index contributed by atoms with van der Waals surface area (Å²) in [6.07, 6.45) is -4.45. The number of halogens is 3. The summed E-state index contributed by atoms with van der Waals surface area (Å²) in [6, 6.07) is 7.50. The van der Waals surface area contributed by atoms with Crippen molar-refractivity contribution in [2.24, 2.45) is 0 Å². The van der Waals surface area contributed by atoms with E-state index >= 15 is 0 Å². The third kappa shape index (κ3) is 6.81. The number of thioether (sulfide) groups is 1. The topological polar surface area (TPSA) is 70.6 Å². The molecule has 2 aromatic rings. The van der Waals surface area contributed by atoms with Gasteiger partial charge in [-0.2, -0.15) is 13.2 Å². The number of nitrogens with zero attached hydrogens (tertiary/aromatic N) is 4. The quantitative estimate of drug-likeness (QED) is 0.509. The molecule has 0 unspecified atom stereocenters. The van der Waals surface area contributed by atoms with Crippen LogP contribution in [0, 0.1) is 0 Å². The number of carbonyl (C=O) groups excluding carboxylic acids is 1. The van der Waals surface area contributed by atoms with Crippen molar-refractivity contribution >= 4 is 17.7 Å². The molecule has 0 bridgehead atoms. The second-order valence-corrected chi connectivity index (χ2v) is 8.13. The lowest BCUT2D eigenvalue weighted by atomic mass is 10.1. The van der Waals surface area contributed by atoms with Gasteiger partial charge in [0.05, 0.1) is 12.8 Å². The van der Waals surface area contributed by atoms with Crippen molar-refractivity contribution in [2.75, 3.05) is 46.1 Å². The number of hydrazine groups is 1. The Morgan fingerprint density at radius 1 is 1.16 bits per heavy atom. The Morgan fingerprint density at radius 3 is 2.45 bits per heavy atom. The number of nitrogens with one attached hydrogen (secondary N) is 1. The SMILES string of the molecule is COc1ccc(-c2cc(C(F)(F)F)nc(SCCC(=O)NN3CCN(C)CC3)n2)cc1. The molecule has 0 radical (unpaired) electrons. The lowest BCUT2D eigenvalue weighted by Crippen LogP contribution is -2.52. The number of carbonyl (C=O) groups is 1. The number of hydrogen-bond donors (Lipinski definition) is 1. The van der Waals surface area contributed by atoms with Crippen LogP contribution in [0.3, 0.4) is 0 Å².